The maximum absolute atomic E-state index is 12.9. The van der Waals surface area contributed by atoms with E-state index in [0.717, 1.165) is 18.7 Å². The Bertz CT molecular complexity index is 812. The fraction of sp³-hybridized carbons (Fsp3) is 0.435. The van der Waals surface area contributed by atoms with Gasteiger partial charge in [0.15, 0.2) is 11.5 Å². The van der Waals surface area contributed by atoms with Crippen molar-refractivity contribution in [3.8, 4) is 11.5 Å². The van der Waals surface area contributed by atoms with Crippen LogP contribution in [0.2, 0.25) is 0 Å². The number of benzene rings is 2. The van der Waals surface area contributed by atoms with Gasteiger partial charge >= 0.3 is 0 Å². The lowest BCUT2D eigenvalue weighted by Crippen LogP contribution is -2.37. The van der Waals surface area contributed by atoms with Crippen LogP contribution in [0, 0.1) is 5.92 Å². The molecule has 1 amide bonds. The van der Waals surface area contributed by atoms with Crippen molar-refractivity contribution < 1.29 is 14.3 Å². The van der Waals surface area contributed by atoms with Crippen molar-refractivity contribution in [2.24, 2.45) is 11.7 Å². The number of rotatable bonds is 8. The first-order chi connectivity index (χ1) is 14.1. The van der Waals surface area contributed by atoms with E-state index in [1.54, 1.807) is 19.1 Å². The fourth-order valence-corrected chi connectivity index (χ4v) is 4.14. The lowest BCUT2D eigenvalue weighted by Gasteiger charge is -2.23. The van der Waals surface area contributed by atoms with Gasteiger partial charge in [-0.05, 0) is 24.1 Å². The molecule has 0 unspecified atom stereocenters. The van der Waals surface area contributed by atoms with Gasteiger partial charge in [-0.3, -0.25) is 9.69 Å². The van der Waals surface area contributed by atoms with Crippen molar-refractivity contribution in [3.05, 3.63) is 59.7 Å². The van der Waals surface area contributed by atoms with E-state index in [9.17, 15) is 4.79 Å². The van der Waals surface area contributed by atoms with Gasteiger partial charge in [-0.2, -0.15) is 0 Å². The van der Waals surface area contributed by atoms with Gasteiger partial charge in [-0.15, -0.1) is 0 Å². The molecule has 0 spiro atoms. The summed E-state index contributed by atoms with van der Waals surface area (Å²) in [5.41, 5.74) is 8.25. The molecular weight excluding hydrogens is 366 g/mol. The van der Waals surface area contributed by atoms with Crippen molar-refractivity contribution in [3.63, 3.8) is 0 Å². The molecule has 0 saturated carbocycles. The largest absolute Gasteiger partial charge is 0.493 e. The molecule has 0 aliphatic carbocycles. The number of nitrogens with two attached hydrogens (primary N) is 1. The standard InChI is InChI=1S/C23H31N3O3/c1-25(13-18-10-7-11-21(28-2)23(18)29-3)22(27)16-26-14-19(12-24)20(15-26)17-8-5-4-6-9-17/h4-11,19-20H,12-16,24H2,1-3H3/t19-,20+/m1/s1. The van der Waals surface area contributed by atoms with Crippen LogP contribution in [0.15, 0.2) is 48.5 Å². The molecule has 6 heteroatoms. The highest BCUT2D eigenvalue weighted by Gasteiger charge is 2.34. The number of likely N-dealkylation sites (tertiary alicyclic amines) is 1. The van der Waals surface area contributed by atoms with Crippen molar-refractivity contribution in [2.45, 2.75) is 12.5 Å². The monoisotopic (exact) mass is 397 g/mol. The highest BCUT2D eigenvalue weighted by Crippen LogP contribution is 2.33. The average Bonchev–Trinajstić information content (AvgIpc) is 3.16. The molecule has 1 heterocycles. The number of carbonyl (C=O) groups excluding carboxylic acids is 1. The molecule has 6 nitrogen and oxygen atoms in total. The number of hydrogen-bond donors (Lipinski definition) is 1. The third-order valence-corrected chi connectivity index (χ3v) is 5.72. The van der Waals surface area contributed by atoms with E-state index in [2.05, 4.69) is 29.2 Å². The van der Waals surface area contributed by atoms with Gasteiger partial charge in [0.25, 0.3) is 0 Å². The van der Waals surface area contributed by atoms with Gasteiger partial charge in [-0.25, -0.2) is 0 Å². The minimum Gasteiger partial charge on any atom is -0.493 e. The highest BCUT2D eigenvalue weighted by molar-refractivity contribution is 5.78. The molecule has 2 aromatic rings. The lowest BCUT2D eigenvalue weighted by molar-refractivity contribution is -0.131. The van der Waals surface area contributed by atoms with E-state index in [-0.39, 0.29) is 5.91 Å². The molecule has 2 aromatic carbocycles. The van der Waals surface area contributed by atoms with Crippen LogP contribution in [0.25, 0.3) is 0 Å². The first-order valence-corrected chi connectivity index (χ1v) is 9.98. The number of methoxy groups -OCH3 is 2. The molecule has 1 fully saturated rings. The van der Waals surface area contributed by atoms with Crippen molar-refractivity contribution in [1.82, 2.24) is 9.80 Å². The zero-order chi connectivity index (χ0) is 20.8. The molecule has 2 N–H and O–H groups in total. The smallest absolute Gasteiger partial charge is 0.236 e. The van der Waals surface area contributed by atoms with Gasteiger partial charge in [-0.1, -0.05) is 42.5 Å². The first-order valence-electron chi connectivity index (χ1n) is 9.98. The fourth-order valence-electron chi connectivity index (χ4n) is 4.14. The molecule has 2 atom stereocenters. The Kier molecular flexibility index (Phi) is 7.12. The summed E-state index contributed by atoms with van der Waals surface area (Å²) in [5.74, 6) is 2.16. The Labute approximate surface area is 173 Å². The third-order valence-electron chi connectivity index (χ3n) is 5.72. The van der Waals surface area contributed by atoms with Crippen LogP contribution in [-0.4, -0.2) is 63.2 Å². The number of hydrogen-bond acceptors (Lipinski definition) is 5. The van der Waals surface area contributed by atoms with Crippen molar-refractivity contribution in [2.75, 3.05) is 47.4 Å². The van der Waals surface area contributed by atoms with Crippen LogP contribution in [0.4, 0.5) is 0 Å². The summed E-state index contributed by atoms with van der Waals surface area (Å²) in [7, 11) is 5.05. The number of nitrogens with zero attached hydrogens (tertiary/aromatic N) is 2. The van der Waals surface area contributed by atoms with Gasteiger partial charge in [0.2, 0.25) is 5.91 Å². The molecular formula is C23H31N3O3. The molecule has 0 bridgehead atoms. The maximum atomic E-state index is 12.9. The normalized spacial score (nSPS) is 19.2. The molecule has 0 aromatic heterocycles. The Balaban J connectivity index is 1.63. The molecule has 1 aliphatic rings. The van der Waals surface area contributed by atoms with Gasteiger partial charge in [0.05, 0.1) is 20.8 Å². The third kappa shape index (κ3) is 4.89. The van der Waals surface area contributed by atoms with E-state index in [4.69, 9.17) is 15.2 Å². The summed E-state index contributed by atoms with van der Waals surface area (Å²) < 4.78 is 10.8. The molecule has 1 aliphatic heterocycles. The highest BCUT2D eigenvalue weighted by atomic mass is 16.5. The van der Waals surface area contributed by atoms with Crippen molar-refractivity contribution >= 4 is 5.91 Å². The minimum absolute atomic E-state index is 0.0827. The van der Waals surface area contributed by atoms with E-state index in [1.807, 2.05) is 31.3 Å². The number of para-hydroxylation sites is 1. The van der Waals surface area contributed by atoms with E-state index in [0.29, 0.717) is 43.0 Å². The average molecular weight is 398 g/mol. The first kappa shape index (κ1) is 21.1. The molecule has 3 rings (SSSR count). The quantitative estimate of drug-likeness (QED) is 0.741. The summed E-state index contributed by atoms with van der Waals surface area (Å²) in [6, 6.07) is 16.2. The van der Waals surface area contributed by atoms with Crippen LogP contribution >= 0.6 is 0 Å². The summed E-state index contributed by atoms with van der Waals surface area (Å²) >= 11 is 0. The zero-order valence-electron chi connectivity index (χ0n) is 17.5. The number of amides is 1. The minimum atomic E-state index is 0.0827. The summed E-state index contributed by atoms with van der Waals surface area (Å²) in [6.07, 6.45) is 0. The van der Waals surface area contributed by atoms with E-state index in [1.165, 1.54) is 5.56 Å². The second-order valence-electron chi connectivity index (χ2n) is 7.61. The van der Waals surface area contributed by atoms with Crippen LogP contribution < -0.4 is 15.2 Å². The number of ether oxygens (including phenoxy) is 2. The van der Waals surface area contributed by atoms with Gasteiger partial charge in [0.1, 0.15) is 0 Å². The number of likely N-dealkylation sites (N-methyl/N-ethyl adjacent to an activating group) is 1. The van der Waals surface area contributed by atoms with Crippen LogP contribution in [-0.2, 0) is 11.3 Å². The predicted octanol–water partition coefficient (Wildman–Crippen LogP) is 2.34. The Morgan fingerprint density at radius 2 is 1.86 bits per heavy atom. The predicted molar refractivity (Wildman–Crippen MR) is 114 cm³/mol. The zero-order valence-corrected chi connectivity index (χ0v) is 17.5. The second-order valence-corrected chi connectivity index (χ2v) is 7.61. The Hall–Kier alpha value is -2.57. The second kappa shape index (κ2) is 9.76. The van der Waals surface area contributed by atoms with Crippen LogP contribution in [0.1, 0.15) is 17.0 Å². The Morgan fingerprint density at radius 3 is 2.52 bits per heavy atom. The van der Waals surface area contributed by atoms with Gasteiger partial charge < -0.3 is 20.1 Å². The molecule has 156 valence electrons. The van der Waals surface area contributed by atoms with Crippen LogP contribution in [0.3, 0.4) is 0 Å². The van der Waals surface area contributed by atoms with E-state index >= 15 is 0 Å². The Morgan fingerprint density at radius 1 is 1.10 bits per heavy atom. The summed E-state index contributed by atoms with van der Waals surface area (Å²) in [6.45, 7) is 3.19. The molecule has 1 saturated heterocycles. The maximum Gasteiger partial charge on any atom is 0.236 e. The topological polar surface area (TPSA) is 68.0 Å². The summed E-state index contributed by atoms with van der Waals surface area (Å²) in [5, 5.41) is 0. The number of carbonyl (C=O) groups is 1. The lowest BCUT2D eigenvalue weighted by atomic mass is 9.89. The summed E-state index contributed by atoms with van der Waals surface area (Å²) in [4.78, 5) is 16.8. The molecule has 29 heavy (non-hydrogen) atoms. The van der Waals surface area contributed by atoms with Crippen molar-refractivity contribution in [1.29, 1.82) is 0 Å². The molecule has 0 radical (unpaired) electrons. The van der Waals surface area contributed by atoms with Crippen LogP contribution in [0.5, 0.6) is 11.5 Å². The van der Waals surface area contributed by atoms with E-state index < -0.39 is 0 Å². The SMILES string of the molecule is COc1cccc(CN(C)C(=O)CN2C[C@@H](CN)[C@H](c3ccccc3)C2)c1OC. The van der Waals surface area contributed by atoms with Gasteiger partial charge in [0, 0.05) is 38.2 Å².